The lowest BCUT2D eigenvalue weighted by Crippen LogP contribution is -2.70. The molecule has 2 aliphatic carbocycles. The van der Waals surface area contributed by atoms with E-state index in [1.54, 1.807) is 54.5 Å². The largest absolute Gasteiger partial charge is 0.497 e. The molecular weight excluding hydrogens is 927 g/mol. The van der Waals surface area contributed by atoms with Gasteiger partial charge in [0.25, 0.3) is 0 Å². The second-order valence-corrected chi connectivity index (χ2v) is 18.6. The number of carbonyl (C=O) groups is 2. The number of anilines is 1. The van der Waals surface area contributed by atoms with Crippen LogP contribution in [0.4, 0.5) is 15.3 Å². The van der Waals surface area contributed by atoms with Gasteiger partial charge in [-0.15, -0.1) is 13.2 Å². The van der Waals surface area contributed by atoms with E-state index in [1.807, 2.05) is 78.9 Å². The van der Waals surface area contributed by atoms with Crippen molar-refractivity contribution in [3.05, 3.63) is 163 Å². The Kier molecular flexibility index (Phi) is 17.9. The summed E-state index contributed by atoms with van der Waals surface area (Å²) in [6.45, 7) is 8.54. The molecule has 1 fully saturated rings. The molecule has 384 valence electrons. The van der Waals surface area contributed by atoms with E-state index in [0.29, 0.717) is 54.3 Å². The summed E-state index contributed by atoms with van der Waals surface area (Å²) in [5.41, 5.74) is 4.49. The summed E-state index contributed by atoms with van der Waals surface area (Å²) in [7, 11) is 3.05. The first kappa shape index (κ1) is 52.2. The maximum atomic E-state index is 15.1. The number of rotatable bonds is 24. The molecular formula is C59H67N3O11. The maximum Gasteiger partial charge on any atom is 0.417 e. The Hall–Kier alpha value is -7.13. The molecule has 1 heterocycles. The number of aliphatic hydroxyl groups excluding tert-OH is 2. The van der Waals surface area contributed by atoms with Crippen LogP contribution in [0.15, 0.2) is 151 Å². The van der Waals surface area contributed by atoms with Crippen LogP contribution in [0.1, 0.15) is 74.0 Å². The number of allylic oxidation sites excluding steroid dienone is 1. The van der Waals surface area contributed by atoms with E-state index in [4.69, 9.17) is 38.4 Å². The molecule has 0 radical (unpaired) electrons. The second-order valence-electron chi connectivity index (χ2n) is 18.6. The van der Waals surface area contributed by atoms with E-state index < -0.39 is 35.9 Å². The van der Waals surface area contributed by atoms with E-state index in [1.165, 1.54) is 7.11 Å². The fraction of sp³-hybridized carbons (Fsp3) is 0.373. The molecule has 3 aliphatic rings. The zero-order valence-electron chi connectivity index (χ0n) is 41.8. The van der Waals surface area contributed by atoms with Crippen molar-refractivity contribution in [2.45, 2.75) is 82.3 Å². The number of nitrogens with zero attached hydrogens (tertiary/aromatic N) is 2. The van der Waals surface area contributed by atoms with Gasteiger partial charge in [-0.3, -0.25) is 10.2 Å². The average Bonchev–Trinajstić information content (AvgIpc) is 3.41. The third kappa shape index (κ3) is 11.9. The minimum atomic E-state index is -1.58. The van der Waals surface area contributed by atoms with Gasteiger partial charge < -0.3 is 43.5 Å². The van der Waals surface area contributed by atoms with Gasteiger partial charge >= 0.3 is 12.2 Å². The van der Waals surface area contributed by atoms with Gasteiger partial charge in [-0.2, -0.15) is 0 Å². The number of unbranched alkanes of at least 4 members (excludes halogenated alkanes) is 2. The number of oxime groups is 1. The van der Waals surface area contributed by atoms with Gasteiger partial charge in [0.2, 0.25) is 5.79 Å². The Bertz CT molecular complexity index is 2760. The van der Waals surface area contributed by atoms with E-state index in [0.717, 1.165) is 52.3 Å². The van der Waals surface area contributed by atoms with Crippen LogP contribution in [0.3, 0.4) is 0 Å². The molecule has 14 nitrogen and oxygen atoms in total. The minimum Gasteiger partial charge on any atom is -0.497 e. The smallest absolute Gasteiger partial charge is 0.417 e. The van der Waals surface area contributed by atoms with Crippen LogP contribution in [0, 0.1) is 17.8 Å². The van der Waals surface area contributed by atoms with E-state index >= 15 is 4.79 Å². The summed E-state index contributed by atoms with van der Waals surface area (Å²) in [6.07, 6.45) is 9.12. The number of fused-ring (bicyclic) bond motifs is 3. The molecule has 8 rings (SSSR count). The van der Waals surface area contributed by atoms with Gasteiger partial charge in [-0.25, -0.2) is 9.59 Å². The lowest BCUT2D eigenvalue weighted by molar-refractivity contribution is -0.256. The van der Waals surface area contributed by atoms with Crippen molar-refractivity contribution in [1.82, 2.24) is 4.90 Å². The number of carbonyl (C=O) groups excluding carboxylic acids is 2. The number of hydrogen-bond donors (Lipinski definition) is 3. The summed E-state index contributed by atoms with van der Waals surface area (Å²) in [5.74, 6) is -1.00. The summed E-state index contributed by atoms with van der Waals surface area (Å²) in [5, 5.41) is 30.0. The van der Waals surface area contributed by atoms with Gasteiger partial charge in [-0.1, -0.05) is 109 Å². The van der Waals surface area contributed by atoms with Gasteiger partial charge in [0, 0.05) is 37.2 Å². The summed E-state index contributed by atoms with van der Waals surface area (Å²) in [6, 6.07) is 33.5. The molecule has 5 aromatic carbocycles. The normalized spacial score (nSPS) is 21.1. The van der Waals surface area contributed by atoms with Crippen LogP contribution in [0.2, 0.25) is 0 Å². The molecule has 0 bridgehead atoms. The Morgan fingerprint density at radius 3 is 2.40 bits per heavy atom. The van der Waals surface area contributed by atoms with Gasteiger partial charge in [0.05, 0.1) is 51.3 Å². The van der Waals surface area contributed by atoms with Gasteiger partial charge in [-0.05, 0) is 102 Å². The van der Waals surface area contributed by atoms with Crippen molar-refractivity contribution < 1.29 is 53.1 Å². The number of nitrogens with one attached hydrogen (secondary N) is 1. The number of benzene rings is 5. The second kappa shape index (κ2) is 25.0. The molecule has 6 atom stereocenters. The molecule has 0 saturated heterocycles. The van der Waals surface area contributed by atoms with Crippen molar-refractivity contribution in [1.29, 1.82) is 0 Å². The first-order chi connectivity index (χ1) is 35.7. The number of amides is 2. The quantitative estimate of drug-likeness (QED) is 0.0306. The molecule has 2 amide bonds. The first-order valence-corrected chi connectivity index (χ1v) is 25.2. The lowest BCUT2D eigenvalue weighted by atomic mass is 9.55. The Labute approximate surface area is 427 Å². The Morgan fingerprint density at radius 1 is 0.863 bits per heavy atom. The third-order valence-electron chi connectivity index (χ3n) is 14.1. The highest BCUT2D eigenvalue weighted by Crippen LogP contribution is 2.62. The van der Waals surface area contributed by atoms with Gasteiger partial charge in [0.15, 0.2) is 0 Å². The summed E-state index contributed by atoms with van der Waals surface area (Å²) < 4.78 is 37.8. The standard InChI is InChI=1S/C59H67N3O11/c1-5-7-33-69-58(66)62(38-43-23-17-22-41-20-11-12-24-46(41)43)54-37-51(61-71-39-40-18-9-8-10-19-40)48-34-42(21-13-15-30-63)47(25-14-16-31-64)55-49-35-45(27-29-52(49)73-59(54,56(48)55)70-32-6-2)72-57(65)60-50-28-26-44(67-3)36-53(50)68-4/h5-6,8-12,17-20,22-24,26-29,34-36,42,47,54-56,63-64H,1-2,7,13-16,21,25,30-33,37-39H2,3-4H3,(H,60,65)/t42-,47+,54-,55+,56+,59+/m0/s1. The van der Waals surface area contributed by atoms with Crippen LogP contribution in [0.25, 0.3) is 10.8 Å². The monoisotopic (exact) mass is 993 g/mol. The fourth-order valence-electron chi connectivity index (χ4n) is 10.8. The average molecular weight is 994 g/mol. The molecule has 14 heteroatoms. The van der Waals surface area contributed by atoms with E-state index in [9.17, 15) is 15.0 Å². The van der Waals surface area contributed by atoms with Crippen LogP contribution < -0.4 is 24.3 Å². The Morgan fingerprint density at radius 2 is 1.63 bits per heavy atom. The summed E-state index contributed by atoms with van der Waals surface area (Å²) in [4.78, 5) is 36.9. The highest BCUT2D eigenvalue weighted by atomic mass is 16.7. The summed E-state index contributed by atoms with van der Waals surface area (Å²) >= 11 is 0. The highest BCUT2D eigenvalue weighted by molar-refractivity contribution is 6.03. The molecule has 0 spiro atoms. The third-order valence-corrected chi connectivity index (χ3v) is 14.1. The SMILES string of the molecule is C=CCCOC(=O)N(Cc1cccc2ccccc12)[C@H]1CC(=NOCc2ccccc2)C2=C[C@H](CCCCO)[C@@H](CCCCO)[C@@H]3c4cc(OC(=O)Nc5ccc(OC)cc5OC)ccc4O[C@@]1(OCC=C)[C@H]23. The molecule has 1 aliphatic heterocycles. The van der Waals surface area contributed by atoms with E-state index in [2.05, 4.69) is 24.6 Å². The van der Waals surface area contributed by atoms with E-state index in [-0.39, 0.29) is 63.6 Å². The Balaban J connectivity index is 1.32. The molecule has 0 unspecified atom stereocenters. The molecule has 0 aromatic heterocycles. The van der Waals surface area contributed by atoms with Crippen LogP contribution in [-0.4, -0.2) is 85.5 Å². The number of ether oxygens (including phenoxy) is 6. The predicted octanol–water partition coefficient (Wildman–Crippen LogP) is 11.5. The van der Waals surface area contributed by atoms with Crippen LogP contribution >= 0.6 is 0 Å². The fourth-order valence-corrected chi connectivity index (χ4v) is 10.8. The van der Waals surface area contributed by atoms with Crippen molar-refractivity contribution in [2.24, 2.45) is 22.9 Å². The first-order valence-electron chi connectivity index (χ1n) is 25.2. The van der Waals surface area contributed by atoms with Crippen molar-refractivity contribution >= 4 is 34.4 Å². The highest BCUT2D eigenvalue weighted by Gasteiger charge is 2.66. The molecule has 73 heavy (non-hydrogen) atoms. The zero-order valence-corrected chi connectivity index (χ0v) is 41.8. The molecule has 5 aromatic rings. The maximum absolute atomic E-state index is 15.1. The minimum absolute atomic E-state index is 0.0317. The number of methoxy groups -OCH3 is 2. The van der Waals surface area contributed by atoms with Crippen molar-refractivity contribution in [3.8, 4) is 23.0 Å². The van der Waals surface area contributed by atoms with Gasteiger partial charge in [0.1, 0.15) is 35.6 Å². The van der Waals surface area contributed by atoms with Crippen molar-refractivity contribution in [2.75, 3.05) is 46.0 Å². The van der Waals surface area contributed by atoms with Crippen LogP contribution in [0.5, 0.6) is 23.0 Å². The van der Waals surface area contributed by atoms with Crippen LogP contribution in [-0.2, 0) is 27.5 Å². The van der Waals surface area contributed by atoms with Crippen molar-refractivity contribution in [3.63, 3.8) is 0 Å². The molecule has 3 N–H and O–H groups in total. The topological polar surface area (TPSA) is 167 Å². The zero-order chi connectivity index (χ0) is 51.2. The number of aliphatic hydroxyl groups is 2. The lowest BCUT2D eigenvalue weighted by Gasteiger charge is -2.59. The molecule has 1 saturated carbocycles. The predicted molar refractivity (Wildman–Crippen MR) is 281 cm³/mol. The number of hydrogen-bond acceptors (Lipinski definition) is 12.